The lowest BCUT2D eigenvalue weighted by molar-refractivity contribution is -0.384. The quantitative estimate of drug-likeness (QED) is 0.123. The Morgan fingerprint density at radius 1 is 1.32 bits per heavy atom. The van der Waals surface area contributed by atoms with E-state index in [4.69, 9.17) is 16.3 Å². The number of benzene rings is 1. The van der Waals surface area contributed by atoms with Gasteiger partial charge in [0.15, 0.2) is 10.8 Å². The van der Waals surface area contributed by atoms with Gasteiger partial charge in [0, 0.05) is 36.6 Å². The van der Waals surface area contributed by atoms with Gasteiger partial charge in [-0.15, -0.1) is 0 Å². The maximum absolute atomic E-state index is 12.5. The molecule has 0 aliphatic heterocycles. The molecule has 0 bridgehead atoms. The highest BCUT2D eigenvalue weighted by Gasteiger charge is 2.17. The molecule has 3 rings (SSSR count). The summed E-state index contributed by atoms with van der Waals surface area (Å²) < 4.78 is 7.08. The number of nitrogens with zero attached hydrogens (tertiary/aromatic N) is 5. The van der Waals surface area contributed by atoms with E-state index in [1.54, 1.807) is 22.6 Å². The minimum Gasteiger partial charge on any atom is -0.380 e. The number of halogens is 1. The van der Waals surface area contributed by atoms with Crippen molar-refractivity contribution >= 4 is 51.8 Å². The topological polar surface area (TPSA) is 137 Å². The van der Waals surface area contributed by atoms with Gasteiger partial charge in [-0.3, -0.25) is 14.9 Å². The summed E-state index contributed by atoms with van der Waals surface area (Å²) in [4.78, 5) is 32.2. The Labute approximate surface area is 205 Å². The number of thioether (sulfide) groups is 1. The number of ether oxygens (including phenoxy) is 1. The van der Waals surface area contributed by atoms with Gasteiger partial charge in [0.1, 0.15) is 10.8 Å². The fourth-order valence-electron chi connectivity index (χ4n) is 3.05. The first-order valence-electron chi connectivity index (χ1n) is 10.7. The molecule has 34 heavy (non-hydrogen) atoms. The van der Waals surface area contributed by atoms with Gasteiger partial charge in [0.25, 0.3) is 11.6 Å². The number of rotatable bonds is 12. The standard InChI is InChI=1S/C21H26ClN7O4S/c1-4-33-10-8-23-18-15-12-25-28(19(15)27-21(26-18)34-13(2)3)9-7-24-20(30)14-5-6-16(22)17(11-14)29(31)32/h5-6,11-13H,4,7-10H2,1-3H3,(H,24,30)(H,23,26,27). The van der Waals surface area contributed by atoms with Crippen molar-refractivity contribution in [2.45, 2.75) is 37.7 Å². The number of nitro benzene ring substituents is 1. The zero-order valence-corrected chi connectivity index (χ0v) is 20.6. The van der Waals surface area contributed by atoms with Crippen LogP contribution in [0.15, 0.2) is 29.6 Å². The van der Waals surface area contributed by atoms with Crippen LogP contribution in [0.1, 0.15) is 31.1 Å². The molecule has 0 aliphatic rings. The average molecular weight is 508 g/mol. The van der Waals surface area contributed by atoms with Crippen molar-refractivity contribution in [3.63, 3.8) is 0 Å². The van der Waals surface area contributed by atoms with Crippen LogP contribution >= 0.6 is 23.4 Å². The first-order chi connectivity index (χ1) is 16.3. The Morgan fingerprint density at radius 3 is 2.82 bits per heavy atom. The Bertz CT molecular complexity index is 1170. The maximum atomic E-state index is 12.5. The largest absolute Gasteiger partial charge is 0.380 e. The Kier molecular flexibility index (Phi) is 9.02. The van der Waals surface area contributed by atoms with Gasteiger partial charge >= 0.3 is 0 Å². The third kappa shape index (κ3) is 6.55. The number of amides is 1. The number of hydrogen-bond donors (Lipinski definition) is 2. The van der Waals surface area contributed by atoms with Crippen LogP contribution in [0.25, 0.3) is 11.0 Å². The molecule has 1 amide bonds. The number of nitro groups is 1. The van der Waals surface area contributed by atoms with Crippen molar-refractivity contribution in [1.82, 2.24) is 25.1 Å². The summed E-state index contributed by atoms with van der Waals surface area (Å²) in [6.45, 7) is 8.46. The second kappa shape index (κ2) is 12.0. The molecule has 2 heterocycles. The fraction of sp³-hybridized carbons (Fsp3) is 0.429. The smallest absolute Gasteiger partial charge is 0.288 e. The summed E-state index contributed by atoms with van der Waals surface area (Å²) in [7, 11) is 0. The van der Waals surface area contributed by atoms with Crippen molar-refractivity contribution in [2.75, 3.05) is 31.6 Å². The molecule has 2 N–H and O–H groups in total. The number of fused-ring (bicyclic) bond motifs is 1. The number of aromatic nitrogens is 4. The number of hydrogen-bond acceptors (Lipinski definition) is 9. The highest BCUT2D eigenvalue weighted by atomic mass is 35.5. The van der Waals surface area contributed by atoms with E-state index in [1.165, 1.54) is 12.1 Å². The minimum absolute atomic E-state index is 0.0232. The zero-order chi connectivity index (χ0) is 24.7. The van der Waals surface area contributed by atoms with Crippen LogP contribution in [0.2, 0.25) is 5.02 Å². The SMILES string of the molecule is CCOCCNc1nc(SC(C)C)nc2c1cnn2CCNC(=O)c1ccc(Cl)c([N+](=O)[O-])c1. The van der Waals surface area contributed by atoms with Crippen molar-refractivity contribution in [2.24, 2.45) is 0 Å². The number of anilines is 1. The molecule has 0 radical (unpaired) electrons. The summed E-state index contributed by atoms with van der Waals surface area (Å²) in [6.07, 6.45) is 1.69. The molecular formula is C21H26ClN7O4S. The van der Waals surface area contributed by atoms with E-state index in [-0.39, 0.29) is 22.8 Å². The van der Waals surface area contributed by atoms with Gasteiger partial charge in [-0.25, -0.2) is 14.6 Å². The van der Waals surface area contributed by atoms with E-state index >= 15 is 0 Å². The highest BCUT2D eigenvalue weighted by Crippen LogP contribution is 2.27. The third-order valence-corrected chi connectivity index (χ3v) is 5.76. The molecule has 3 aromatic rings. The number of nitrogens with one attached hydrogen (secondary N) is 2. The molecule has 0 saturated carbocycles. The molecule has 2 aromatic heterocycles. The van der Waals surface area contributed by atoms with Gasteiger partial charge in [0.2, 0.25) is 0 Å². The van der Waals surface area contributed by atoms with Crippen LogP contribution in [-0.2, 0) is 11.3 Å². The van der Waals surface area contributed by atoms with Gasteiger partial charge in [-0.1, -0.05) is 37.2 Å². The van der Waals surface area contributed by atoms with E-state index in [1.807, 2.05) is 6.92 Å². The predicted octanol–water partition coefficient (Wildman–Crippen LogP) is 3.77. The Hall–Kier alpha value is -2.96. The van der Waals surface area contributed by atoms with E-state index in [0.29, 0.717) is 48.2 Å². The molecule has 1 aromatic carbocycles. The number of carbonyl (C=O) groups is 1. The van der Waals surface area contributed by atoms with E-state index in [2.05, 4.69) is 39.5 Å². The Balaban J connectivity index is 1.73. The van der Waals surface area contributed by atoms with E-state index < -0.39 is 10.8 Å². The first kappa shape index (κ1) is 25.7. The Morgan fingerprint density at radius 2 is 2.12 bits per heavy atom. The molecular weight excluding hydrogens is 482 g/mol. The lowest BCUT2D eigenvalue weighted by Gasteiger charge is -2.11. The highest BCUT2D eigenvalue weighted by molar-refractivity contribution is 7.99. The average Bonchev–Trinajstić information content (AvgIpc) is 3.19. The third-order valence-electron chi connectivity index (χ3n) is 4.57. The lowest BCUT2D eigenvalue weighted by Crippen LogP contribution is -2.27. The van der Waals surface area contributed by atoms with Gasteiger partial charge in [0.05, 0.1) is 29.7 Å². The van der Waals surface area contributed by atoms with Crippen LogP contribution in [0.4, 0.5) is 11.5 Å². The second-order valence-electron chi connectivity index (χ2n) is 7.43. The lowest BCUT2D eigenvalue weighted by atomic mass is 10.2. The molecule has 182 valence electrons. The second-order valence-corrected chi connectivity index (χ2v) is 9.38. The van der Waals surface area contributed by atoms with Crippen LogP contribution in [0, 0.1) is 10.1 Å². The first-order valence-corrected chi connectivity index (χ1v) is 12.0. The molecule has 0 spiro atoms. The molecule has 0 atom stereocenters. The molecule has 0 saturated heterocycles. The van der Waals surface area contributed by atoms with Crippen molar-refractivity contribution in [3.05, 3.63) is 45.1 Å². The molecule has 13 heteroatoms. The van der Waals surface area contributed by atoms with Crippen LogP contribution < -0.4 is 10.6 Å². The van der Waals surface area contributed by atoms with Crippen molar-refractivity contribution in [3.8, 4) is 0 Å². The molecule has 11 nitrogen and oxygen atoms in total. The number of carbonyl (C=O) groups excluding carboxylic acids is 1. The van der Waals surface area contributed by atoms with E-state index in [9.17, 15) is 14.9 Å². The van der Waals surface area contributed by atoms with Gasteiger partial charge in [-0.05, 0) is 19.1 Å². The molecule has 0 fully saturated rings. The summed E-state index contributed by atoms with van der Waals surface area (Å²) >= 11 is 7.36. The predicted molar refractivity (Wildman–Crippen MR) is 132 cm³/mol. The van der Waals surface area contributed by atoms with Gasteiger partial charge < -0.3 is 15.4 Å². The van der Waals surface area contributed by atoms with Crippen LogP contribution in [0.5, 0.6) is 0 Å². The molecule has 0 unspecified atom stereocenters. The van der Waals surface area contributed by atoms with Gasteiger partial charge in [-0.2, -0.15) is 5.10 Å². The monoisotopic (exact) mass is 507 g/mol. The van der Waals surface area contributed by atoms with Crippen molar-refractivity contribution in [1.29, 1.82) is 0 Å². The normalized spacial score (nSPS) is 11.2. The van der Waals surface area contributed by atoms with Crippen molar-refractivity contribution < 1.29 is 14.5 Å². The molecule has 0 aliphatic carbocycles. The fourth-order valence-corrected chi connectivity index (χ4v) is 3.95. The zero-order valence-electron chi connectivity index (χ0n) is 19.1. The summed E-state index contributed by atoms with van der Waals surface area (Å²) in [5, 5.41) is 23.2. The minimum atomic E-state index is -0.624. The maximum Gasteiger partial charge on any atom is 0.288 e. The van der Waals surface area contributed by atoms with E-state index in [0.717, 1.165) is 11.5 Å². The van der Waals surface area contributed by atoms with Crippen LogP contribution in [-0.4, -0.2) is 62.1 Å². The summed E-state index contributed by atoms with van der Waals surface area (Å²) in [5.74, 6) is 0.233. The summed E-state index contributed by atoms with van der Waals surface area (Å²) in [5.41, 5.74) is 0.484. The van der Waals surface area contributed by atoms with Crippen LogP contribution in [0.3, 0.4) is 0 Å². The summed E-state index contributed by atoms with van der Waals surface area (Å²) in [6, 6.07) is 3.93.